The van der Waals surface area contributed by atoms with E-state index in [1.165, 1.54) is 6.08 Å². The van der Waals surface area contributed by atoms with Crippen molar-refractivity contribution in [1.82, 2.24) is 0 Å². The van der Waals surface area contributed by atoms with Crippen LogP contribution < -0.4 is 4.74 Å². The van der Waals surface area contributed by atoms with E-state index in [0.29, 0.717) is 17.9 Å². The maximum atomic E-state index is 12.2. The van der Waals surface area contributed by atoms with Gasteiger partial charge < -0.3 is 19.7 Å². The molecule has 1 aromatic carbocycles. The fraction of sp³-hybridized carbons (Fsp3) is 0.316. The van der Waals surface area contributed by atoms with E-state index in [2.05, 4.69) is 4.99 Å². The summed E-state index contributed by atoms with van der Waals surface area (Å²) in [6.07, 6.45) is 1.66. The molecule has 0 saturated heterocycles. The second kappa shape index (κ2) is 9.27. The molecule has 0 atom stereocenters. The summed E-state index contributed by atoms with van der Waals surface area (Å²) in [5.74, 6) is -1.32. The van der Waals surface area contributed by atoms with Gasteiger partial charge in [0.05, 0.1) is 18.1 Å². The van der Waals surface area contributed by atoms with E-state index in [1.807, 2.05) is 0 Å². The van der Waals surface area contributed by atoms with Crippen molar-refractivity contribution in [3.63, 3.8) is 0 Å². The van der Waals surface area contributed by atoms with E-state index in [-0.39, 0.29) is 40.1 Å². The normalized spacial score (nSPS) is 16.9. The molecule has 0 bridgehead atoms. The van der Waals surface area contributed by atoms with Crippen molar-refractivity contribution in [3.8, 4) is 11.5 Å². The zero-order valence-electron chi connectivity index (χ0n) is 15.3. The molecule has 2 rings (SSSR count). The lowest BCUT2D eigenvalue weighted by Crippen LogP contribution is -2.14. The van der Waals surface area contributed by atoms with Crippen molar-refractivity contribution in [2.45, 2.75) is 27.2 Å². The summed E-state index contributed by atoms with van der Waals surface area (Å²) in [5.41, 5.74) is 0.233. The van der Waals surface area contributed by atoms with E-state index >= 15 is 0 Å². The number of aliphatic hydroxyl groups is 1. The molecule has 27 heavy (non-hydrogen) atoms. The highest BCUT2D eigenvalue weighted by atomic mass is 32.2. The maximum absolute atomic E-state index is 12.2. The van der Waals surface area contributed by atoms with Crippen LogP contribution in [0.4, 0.5) is 0 Å². The molecule has 1 heterocycles. The average molecular weight is 391 g/mol. The topological polar surface area (TPSA) is 105 Å². The van der Waals surface area contributed by atoms with E-state index < -0.39 is 11.9 Å². The standard InChI is InChI=1S/C19H21NO6S/c1-4-14(21)20-18-15(19(24)26-6-3)17(23)13(27-18)10-11-8-7-9-12(16(11)22)25-5-2/h7-10,22-23H,4-6H2,1-3H3/b13-10-,20-18?. The number of esters is 1. The summed E-state index contributed by atoms with van der Waals surface area (Å²) in [4.78, 5) is 28.1. The molecular weight excluding hydrogens is 370 g/mol. The number of carbonyl (C=O) groups is 2. The Hall–Kier alpha value is -2.74. The molecule has 0 unspecified atom stereocenters. The average Bonchev–Trinajstić information content (AvgIpc) is 2.93. The first-order chi connectivity index (χ1) is 12.9. The number of aromatic hydroxyl groups is 1. The van der Waals surface area contributed by atoms with Crippen LogP contribution in [0.25, 0.3) is 6.08 Å². The minimum absolute atomic E-state index is 0.0736. The number of aliphatic imine (C=N–C) groups is 1. The van der Waals surface area contributed by atoms with Gasteiger partial charge in [-0.2, -0.15) is 0 Å². The zero-order chi connectivity index (χ0) is 20.0. The third-order valence-electron chi connectivity index (χ3n) is 3.52. The molecule has 0 aromatic heterocycles. The van der Waals surface area contributed by atoms with Crippen LogP contribution in [0.1, 0.15) is 32.8 Å². The SMILES string of the molecule is CCOC(=O)C1=C(O)/C(=C/c2cccc(OCC)c2O)SC1=NC(=O)CC. The molecule has 0 saturated carbocycles. The number of hydrogen-bond donors (Lipinski definition) is 2. The number of thioether (sulfide) groups is 1. The van der Waals surface area contributed by atoms with Crippen molar-refractivity contribution < 1.29 is 29.3 Å². The summed E-state index contributed by atoms with van der Waals surface area (Å²) in [7, 11) is 0. The Morgan fingerprint density at radius 1 is 1.19 bits per heavy atom. The Morgan fingerprint density at radius 3 is 2.56 bits per heavy atom. The fourth-order valence-corrected chi connectivity index (χ4v) is 3.28. The predicted molar refractivity (Wildman–Crippen MR) is 104 cm³/mol. The van der Waals surface area contributed by atoms with E-state index in [4.69, 9.17) is 9.47 Å². The van der Waals surface area contributed by atoms with E-state index in [0.717, 1.165) is 11.8 Å². The highest BCUT2D eigenvalue weighted by Gasteiger charge is 2.33. The molecule has 0 aliphatic carbocycles. The van der Waals surface area contributed by atoms with Crippen LogP contribution in [-0.4, -0.2) is 40.3 Å². The smallest absolute Gasteiger partial charge is 0.344 e. The molecule has 8 heteroatoms. The Bertz CT molecular complexity index is 841. The number of amides is 1. The van der Waals surface area contributed by atoms with Crippen molar-refractivity contribution in [2.75, 3.05) is 13.2 Å². The molecule has 7 nitrogen and oxygen atoms in total. The number of benzene rings is 1. The summed E-state index contributed by atoms with van der Waals surface area (Å²) in [6, 6.07) is 4.95. The number of phenols is 1. The number of para-hydroxylation sites is 1. The highest BCUT2D eigenvalue weighted by Crippen LogP contribution is 2.41. The largest absolute Gasteiger partial charge is 0.506 e. The van der Waals surface area contributed by atoms with Gasteiger partial charge in [0.2, 0.25) is 5.91 Å². The lowest BCUT2D eigenvalue weighted by molar-refractivity contribution is -0.138. The van der Waals surface area contributed by atoms with Crippen LogP contribution in [0.5, 0.6) is 11.5 Å². The van der Waals surface area contributed by atoms with Crippen LogP contribution in [0, 0.1) is 0 Å². The third-order valence-corrected chi connectivity index (χ3v) is 4.54. The first-order valence-corrected chi connectivity index (χ1v) is 9.31. The van der Waals surface area contributed by atoms with Crippen molar-refractivity contribution >= 4 is 34.8 Å². The van der Waals surface area contributed by atoms with Gasteiger partial charge in [0, 0.05) is 12.0 Å². The molecule has 1 aliphatic heterocycles. The quantitative estimate of drug-likeness (QED) is 0.714. The summed E-state index contributed by atoms with van der Waals surface area (Å²) < 4.78 is 10.3. The number of phenolic OH excluding ortho intramolecular Hbond substituents is 1. The minimum atomic E-state index is -0.763. The number of hydrogen-bond acceptors (Lipinski definition) is 7. The highest BCUT2D eigenvalue weighted by molar-refractivity contribution is 8.18. The molecule has 0 fully saturated rings. The second-order valence-corrected chi connectivity index (χ2v) is 6.38. The third kappa shape index (κ3) is 4.71. The Balaban J connectivity index is 2.50. The Morgan fingerprint density at radius 2 is 1.93 bits per heavy atom. The van der Waals surface area contributed by atoms with Gasteiger partial charge in [-0.15, -0.1) is 0 Å². The maximum Gasteiger partial charge on any atom is 0.344 e. The molecule has 2 N–H and O–H groups in total. The van der Waals surface area contributed by atoms with Crippen molar-refractivity contribution in [1.29, 1.82) is 0 Å². The number of aliphatic hydroxyl groups excluding tert-OH is 1. The lowest BCUT2D eigenvalue weighted by atomic mass is 10.1. The van der Waals surface area contributed by atoms with Gasteiger partial charge >= 0.3 is 5.97 Å². The van der Waals surface area contributed by atoms with E-state index in [1.54, 1.807) is 39.0 Å². The summed E-state index contributed by atoms with van der Waals surface area (Å²) >= 11 is 0.961. The fourth-order valence-electron chi connectivity index (χ4n) is 2.25. The van der Waals surface area contributed by atoms with Gasteiger partial charge in [0.1, 0.15) is 16.4 Å². The van der Waals surface area contributed by atoms with Crippen LogP contribution >= 0.6 is 11.8 Å². The Labute approximate surface area is 161 Å². The van der Waals surface area contributed by atoms with Crippen LogP contribution in [0.2, 0.25) is 0 Å². The first kappa shape index (κ1) is 20.6. The zero-order valence-corrected chi connectivity index (χ0v) is 16.1. The monoisotopic (exact) mass is 391 g/mol. The number of carbonyl (C=O) groups excluding carboxylic acids is 2. The molecule has 1 amide bonds. The molecule has 144 valence electrons. The van der Waals surface area contributed by atoms with Gasteiger partial charge in [-0.05, 0) is 26.0 Å². The van der Waals surface area contributed by atoms with Gasteiger partial charge in [-0.3, -0.25) is 4.79 Å². The predicted octanol–water partition coefficient (Wildman–Crippen LogP) is 3.59. The minimum Gasteiger partial charge on any atom is -0.506 e. The van der Waals surface area contributed by atoms with Crippen LogP contribution in [0.15, 0.2) is 39.4 Å². The molecule has 1 aromatic rings. The lowest BCUT2D eigenvalue weighted by Gasteiger charge is -2.08. The molecule has 0 radical (unpaired) electrons. The van der Waals surface area contributed by atoms with E-state index in [9.17, 15) is 19.8 Å². The number of ether oxygens (including phenoxy) is 2. The Kier molecular flexibility index (Phi) is 7.06. The van der Waals surface area contributed by atoms with Gasteiger partial charge in [-0.1, -0.05) is 30.8 Å². The van der Waals surface area contributed by atoms with Crippen molar-refractivity contribution in [3.05, 3.63) is 40.0 Å². The van der Waals surface area contributed by atoms with Gasteiger partial charge in [0.25, 0.3) is 0 Å². The summed E-state index contributed by atoms with van der Waals surface area (Å²) in [5, 5.41) is 20.9. The number of rotatable bonds is 6. The first-order valence-electron chi connectivity index (χ1n) is 8.49. The summed E-state index contributed by atoms with van der Waals surface area (Å²) in [6.45, 7) is 5.58. The molecule has 0 spiro atoms. The van der Waals surface area contributed by atoms with Gasteiger partial charge in [0.15, 0.2) is 11.5 Å². The molecule has 1 aliphatic rings. The number of nitrogens with zero attached hydrogens (tertiary/aromatic N) is 1. The van der Waals surface area contributed by atoms with Crippen LogP contribution in [0.3, 0.4) is 0 Å². The van der Waals surface area contributed by atoms with Gasteiger partial charge in [-0.25, -0.2) is 9.79 Å². The van der Waals surface area contributed by atoms with Crippen LogP contribution in [-0.2, 0) is 14.3 Å². The second-order valence-electron chi connectivity index (χ2n) is 5.35. The van der Waals surface area contributed by atoms with Crippen molar-refractivity contribution in [2.24, 2.45) is 4.99 Å². The molecular formula is C19H21NO6S.